The van der Waals surface area contributed by atoms with Gasteiger partial charge in [-0.3, -0.25) is 4.79 Å². The number of aldehydes is 1. The van der Waals surface area contributed by atoms with Gasteiger partial charge in [-0.1, -0.05) is 81.4 Å². The van der Waals surface area contributed by atoms with Crippen LogP contribution in [0.25, 0.3) is 0 Å². The molecular formula is C22H26O4Si. The monoisotopic (exact) mass is 382 g/mol. The molecule has 2 aromatic rings. The molecule has 2 aromatic carbocycles. The van der Waals surface area contributed by atoms with E-state index in [4.69, 9.17) is 9.16 Å². The summed E-state index contributed by atoms with van der Waals surface area (Å²) in [4.78, 5) is 23.6. The van der Waals surface area contributed by atoms with Crippen molar-refractivity contribution in [1.82, 2.24) is 0 Å². The molecule has 0 radical (unpaired) electrons. The van der Waals surface area contributed by atoms with Gasteiger partial charge in [-0.2, -0.15) is 0 Å². The van der Waals surface area contributed by atoms with E-state index in [1.807, 2.05) is 36.4 Å². The van der Waals surface area contributed by atoms with Crippen molar-refractivity contribution in [3.8, 4) is 0 Å². The second kappa shape index (κ2) is 7.78. The van der Waals surface area contributed by atoms with E-state index in [1.54, 1.807) is 0 Å². The fourth-order valence-electron chi connectivity index (χ4n) is 3.86. The number of hydrogen-bond acceptors (Lipinski definition) is 4. The molecule has 4 nitrogen and oxygen atoms in total. The van der Waals surface area contributed by atoms with Gasteiger partial charge in [0.2, 0.25) is 0 Å². The number of cyclic esters (lactones) is 1. The first-order chi connectivity index (χ1) is 12.9. The van der Waals surface area contributed by atoms with Crippen molar-refractivity contribution < 1.29 is 18.8 Å². The minimum atomic E-state index is -2.85. The molecule has 1 saturated heterocycles. The van der Waals surface area contributed by atoms with Crippen LogP contribution in [-0.2, 0) is 18.8 Å². The summed E-state index contributed by atoms with van der Waals surface area (Å²) < 4.78 is 12.1. The van der Waals surface area contributed by atoms with Crippen molar-refractivity contribution >= 4 is 30.9 Å². The van der Waals surface area contributed by atoms with Crippen molar-refractivity contribution in [2.24, 2.45) is 0 Å². The van der Waals surface area contributed by atoms with E-state index in [2.05, 4.69) is 45.0 Å². The zero-order chi connectivity index (χ0) is 19.5. The first kappa shape index (κ1) is 19.5. The highest BCUT2D eigenvalue weighted by Gasteiger charge is 2.52. The van der Waals surface area contributed by atoms with Crippen LogP contribution in [0.3, 0.4) is 0 Å². The molecule has 3 rings (SSSR count). The quantitative estimate of drug-likeness (QED) is 0.438. The summed E-state index contributed by atoms with van der Waals surface area (Å²) in [5.41, 5.74) is 0. The van der Waals surface area contributed by atoms with Crippen LogP contribution in [0.15, 0.2) is 60.7 Å². The van der Waals surface area contributed by atoms with Crippen LogP contribution in [0.4, 0.5) is 0 Å². The van der Waals surface area contributed by atoms with Crippen LogP contribution in [0.5, 0.6) is 0 Å². The van der Waals surface area contributed by atoms with E-state index in [1.165, 1.54) is 0 Å². The minimum Gasteiger partial charge on any atom is -0.459 e. The van der Waals surface area contributed by atoms with Crippen LogP contribution in [0.1, 0.15) is 33.6 Å². The maximum Gasteiger partial charge on any atom is 0.306 e. The summed E-state index contributed by atoms with van der Waals surface area (Å²) in [6.45, 7) is 6.46. The Balaban J connectivity index is 2.14. The summed E-state index contributed by atoms with van der Waals surface area (Å²) >= 11 is 0. The lowest BCUT2D eigenvalue weighted by Gasteiger charge is -2.44. The Hall–Kier alpha value is -2.24. The van der Waals surface area contributed by atoms with E-state index in [0.29, 0.717) is 12.8 Å². The van der Waals surface area contributed by atoms with Crippen molar-refractivity contribution in [1.29, 1.82) is 0 Å². The first-order valence-corrected chi connectivity index (χ1v) is 11.2. The molecule has 0 saturated carbocycles. The van der Waals surface area contributed by atoms with Crippen molar-refractivity contribution in [3.63, 3.8) is 0 Å². The molecule has 1 aliphatic rings. The number of carbonyl (C=O) groups excluding carboxylic acids is 2. The fourth-order valence-corrected chi connectivity index (χ4v) is 8.50. The highest BCUT2D eigenvalue weighted by atomic mass is 28.4. The molecule has 0 aliphatic carbocycles. The lowest BCUT2D eigenvalue weighted by Crippen LogP contribution is -2.68. The van der Waals surface area contributed by atoms with Gasteiger partial charge in [0.15, 0.2) is 6.29 Å². The van der Waals surface area contributed by atoms with Gasteiger partial charge in [0.1, 0.15) is 12.2 Å². The van der Waals surface area contributed by atoms with Gasteiger partial charge < -0.3 is 14.0 Å². The molecule has 0 N–H and O–H groups in total. The zero-order valence-corrected chi connectivity index (χ0v) is 17.1. The van der Waals surface area contributed by atoms with Gasteiger partial charge >= 0.3 is 5.97 Å². The molecule has 5 heteroatoms. The van der Waals surface area contributed by atoms with Gasteiger partial charge in [-0.25, -0.2) is 0 Å². The second-order valence-corrected chi connectivity index (χ2v) is 12.2. The second-order valence-electron chi connectivity index (χ2n) is 7.95. The number of carbonyl (C=O) groups is 2. The summed E-state index contributed by atoms with van der Waals surface area (Å²) in [6, 6.07) is 20.3. The van der Waals surface area contributed by atoms with Gasteiger partial charge in [-0.05, 0) is 21.8 Å². The molecule has 0 aromatic heterocycles. The Kier molecular flexibility index (Phi) is 5.63. The Morgan fingerprint density at radius 3 is 1.93 bits per heavy atom. The van der Waals surface area contributed by atoms with Crippen molar-refractivity contribution in [3.05, 3.63) is 60.7 Å². The van der Waals surface area contributed by atoms with E-state index < -0.39 is 20.5 Å². The highest BCUT2D eigenvalue weighted by Crippen LogP contribution is 2.38. The number of hydrogen-bond donors (Lipinski definition) is 0. The molecule has 142 valence electrons. The molecule has 1 heterocycles. The van der Waals surface area contributed by atoms with E-state index >= 15 is 0 Å². The molecule has 0 spiro atoms. The third-order valence-corrected chi connectivity index (χ3v) is 10.2. The highest BCUT2D eigenvalue weighted by molar-refractivity contribution is 6.99. The Morgan fingerprint density at radius 2 is 1.56 bits per heavy atom. The lowest BCUT2D eigenvalue weighted by molar-refractivity contribution is -0.145. The van der Waals surface area contributed by atoms with Gasteiger partial charge in [-0.15, -0.1) is 0 Å². The number of benzene rings is 2. The number of esters is 1. The summed E-state index contributed by atoms with van der Waals surface area (Å²) in [6.07, 6.45) is 0.349. The predicted octanol–water partition coefficient (Wildman–Crippen LogP) is 2.84. The maximum atomic E-state index is 12.0. The first-order valence-electron chi connectivity index (χ1n) is 9.32. The van der Waals surface area contributed by atoms with Crippen LogP contribution in [0.2, 0.25) is 5.04 Å². The molecular weight excluding hydrogens is 356 g/mol. The summed E-state index contributed by atoms with van der Waals surface area (Å²) in [7, 11) is -2.85. The minimum absolute atomic E-state index is 0.237. The Labute approximate surface area is 161 Å². The van der Waals surface area contributed by atoms with Gasteiger partial charge in [0.25, 0.3) is 8.32 Å². The number of rotatable bonds is 6. The standard InChI is InChI=1S/C22H26O4Si/c1-22(2,3)27(17-10-6-4-7-11-17,18-12-8-5-9-13-18)26-20(16-23)19-14-15-21(24)25-19/h4-13,16,19-20H,14-15H2,1-3H3/t19-,20-/m1/s1. The SMILES string of the molecule is CC(C)(C)[Si](O[C@H](C=O)[C@H]1CCC(=O)O1)(c1ccccc1)c1ccccc1. The normalized spacial score (nSPS) is 18.8. The average Bonchev–Trinajstić information content (AvgIpc) is 3.09. The maximum absolute atomic E-state index is 12.0. The lowest BCUT2D eigenvalue weighted by atomic mass is 10.1. The van der Waals surface area contributed by atoms with E-state index in [9.17, 15) is 9.59 Å². The molecule has 0 bridgehead atoms. The topological polar surface area (TPSA) is 52.6 Å². The van der Waals surface area contributed by atoms with Crippen LogP contribution < -0.4 is 10.4 Å². The van der Waals surface area contributed by atoms with Crippen LogP contribution in [0, 0.1) is 0 Å². The van der Waals surface area contributed by atoms with Crippen LogP contribution >= 0.6 is 0 Å². The zero-order valence-electron chi connectivity index (χ0n) is 16.1. The third kappa shape index (κ3) is 3.75. The van der Waals surface area contributed by atoms with Crippen molar-refractivity contribution in [2.75, 3.05) is 0 Å². The predicted molar refractivity (Wildman–Crippen MR) is 108 cm³/mol. The van der Waals surface area contributed by atoms with E-state index in [-0.39, 0.29) is 11.0 Å². The molecule has 0 unspecified atom stereocenters. The molecule has 2 atom stereocenters. The summed E-state index contributed by atoms with van der Waals surface area (Å²) in [5, 5.41) is 1.96. The van der Waals surface area contributed by atoms with Gasteiger partial charge in [0.05, 0.1) is 0 Å². The Morgan fingerprint density at radius 1 is 1.04 bits per heavy atom. The van der Waals surface area contributed by atoms with Crippen molar-refractivity contribution in [2.45, 2.75) is 50.9 Å². The molecule has 1 aliphatic heterocycles. The Bertz CT molecular complexity index is 743. The smallest absolute Gasteiger partial charge is 0.306 e. The van der Waals surface area contributed by atoms with Crippen LogP contribution in [-0.4, -0.2) is 32.8 Å². The number of ether oxygens (including phenoxy) is 1. The van der Waals surface area contributed by atoms with E-state index in [0.717, 1.165) is 16.7 Å². The average molecular weight is 383 g/mol. The largest absolute Gasteiger partial charge is 0.459 e. The molecule has 0 amide bonds. The fraction of sp³-hybridized carbons (Fsp3) is 0.364. The van der Waals surface area contributed by atoms with Gasteiger partial charge in [0, 0.05) is 6.42 Å². The molecule has 1 fully saturated rings. The summed E-state index contributed by atoms with van der Waals surface area (Å²) in [5.74, 6) is -0.266. The molecule has 27 heavy (non-hydrogen) atoms. The third-order valence-electron chi connectivity index (χ3n) is 5.15.